The molecule has 0 aromatic carbocycles. The third kappa shape index (κ3) is 2.26. The topological polar surface area (TPSA) is 127 Å². The minimum atomic E-state index is -0.773. The lowest BCUT2D eigenvalue weighted by Crippen LogP contribution is -2.31. The number of fused-ring (bicyclic) bond motifs is 2. The Kier molecular flexibility index (Phi) is 3.62. The molecule has 2 fully saturated rings. The highest BCUT2D eigenvalue weighted by atomic mass is 16.9. The smallest absolute Gasteiger partial charge is 0.272 e. The van der Waals surface area contributed by atoms with Gasteiger partial charge in [0.1, 0.15) is 30.2 Å². The zero-order valence-electron chi connectivity index (χ0n) is 12.4. The monoisotopic (exact) mass is 323 g/mol. The van der Waals surface area contributed by atoms with Crippen LogP contribution < -0.4 is 5.73 Å². The van der Waals surface area contributed by atoms with E-state index >= 15 is 0 Å². The van der Waals surface area contributed by atoms with Gasteiger partial charge in [-0.15, -0.1) is 0 Å². The van der Waals surface area contributed by atoms with E-state index in [0.717, 1.165) is 0 Å². The highest BCUT2D eigenvalue weighted by Gasteiger charge is 2.54. The first-order valence-electron chi connectivity index (χ1n) is 7.34. The van der Waals surface area contributed by atoms with E-state index < -0.39 is 31.0 Å². The summed E-state index contributed by atoms with van der Waals surface area (Å²) in [6.45, 7) is 1.34. The van der Waals surface area contributed by atoms with Crippen LogP contribution >= 0.6 is 0 Å². The number of nitrogens with zero attached hydrogens (tertiary/aromatic N) is 4. The number of hydrogen-bond donors (Lipinski definition) is 2. The number of hydrogen-bond acceptors (Lipinski definition) is 9. The third-order valence-corrected chi connectivity index (χ3v) is 3.97. The van der Waals surface area contributed by atoms with E-state index in [9.17, 15) is 5.11 Å². The number of aromatic nitrogens is 4. The average Bonchev–Trinajstić information content (AvgIpc) is 3.21. The molecule has 0 amide bonds. The summed E-state index contributed by atoms with van der Waals surface area (Å²) >= 11 is 0. The van der Waals surface area contributed by atoms with Gasteiger partial charge in [0.05, 0.1) is 12.9 Å². The Balaban J connectivity index is 1.69. The van der Waals surface area contributed by atoms with Crippen molar-refractivity contribution in [3.05, 3.63) is 12.7 Å². The number of nitrogens with two attached hydrogens (primary N) is 1. The van der Waals surface area contributed by atoms with E-state index in [1.165, 1.54) is 6.33 Å². The molecule has 0 radical (unpaired) electrons. The summed E-state index contributed by atoms with van der Waals surface area (Å²) in [5, 5.41) is 9.53. The molecule has 3 N–H and O–H groups in total. The molecule has 10 heteroatoms. The highest BCUT2D eigenvalue weighted by molar-refractivity contribution is 5.81. The van der Waals surface area contributed by atoms with Crippen LogP contribution in [0.3, 0.4) is 0 Å². The maximum Gasteiger partial charge on any atom is 0.272 e. The van der Waals surface area contributed by atoms with Gasteiger partial charge in [-0.3, -0.25) is 4.57 Å². The Morgan fingerprint density at radius 3 is 2.87 bits per heavy atom. The molecule has 0 spiro atoms. The fourth-order valence-corrected chi connectivity index (χ4v) is 2.95. The Morgan fingerprint density at radius 2 is 2.09 bits per heavy atom. The lowest BCUT2D eigenvalue weighted by atomic mass is 10.1. The molecule has 0 aliphatic carbocycles. The number of ether oxygens (including phenoxy) is 4. The molecule has 2 aromatic rings. The van der Waals surface area contributed by atoms with Crippen LogP contribution in [-0.2, 0) is 18.9 Å². The Labute approximate surface area is 131 Å². The number of rotatable bonds is 4. The molecule has 124 valence electrons. The van der Waals surface area contributed by atoms with Crippen molar-refractivity contribution in [2.24, 2.45) is 0 Å². The van der Waals surface area contributed by atoms with E-state index in [2.05, 4.69) is 15.0 Å². The van der Waals surface area contributed by atoms with Crippen LogP contribution in [0.4, 0.5) is 5.82 Å². The molecule has 2 aromatic heterocycles. The van der Waals surface area contributed by atoms with Gasteiger partial charge in [-0.2, -0.15) is 0 Å². The molecule has 23 heavy (non-hydrogen) atoms. The third-order valence-electron chi connectivity index (χ3n) is 3.97. The molecule has 10 nitrogen and oxygen atoms in total. The van der Waals surface area contributed by atoms with Gasteiger partial charge >= 0.3 is 0 Å². The van der Waals surface area contributed by atoms with Crippen LogP contribution in [0, 0.1) is 0 Å². The van der Waals surface area contributed by atoms with Crippen molar-refractivity contribution in [3.63, 3.8) is 0 Å². The lowest BCUT2D eigenvalue weighted by Gasteiger charge is -2.20. The summed E-state index contributed by atoms with van der Waals surface area (Å²) in [6, 6.07) is 0. The zero-order chi connectivity index (χ0) is 16.0. The molecule has 0 saturated carbocycles. The van der Waals surface area contributed by atoms with E-state index in [4.69, 9.17) is 24.7 Å². The summed E-state index contributed by atoms with van der Waals surface area (Å²) < 4.78 is 24.4. The van der Waals surface area contributed by atoms with Crippen molar-refractivity contribution in [2.45, 2.75) is 37.9 Å². The Bertz CT molecular complexity index is 709. The normalized spacial score (nSPS) is 33.4. The van der Waals surface area contributed by atoms with E-state index in [0.29, 0.717) is 17.8 Å². The standard InChI is InChI=1S/C13H17N5O5/c1-2-20-13-22-8-6(3-19)21-12(9(8)23-13)18-5-17-7-10(14)15-4-16-11(7)18/h4-6,8-9,12-13,19H,2-3H2,1H3,(H2,14,15,16)/t6-,8-,9-,12-,13-/m1/s1. The van der Waals surface area contributed by atoms with Gasteiger partial charge in [-0.25, -0.2) is 15.0 Å². The Hall–Kier alpha value is -1.85. The predicted molar refractivity (Wildman–Crippen MR) is 75.9 cm³/mol. The van der Waals surface area contributed by atoms with Gasteiger partial charge in [0.15, 0.2) is 17.7 Å². The fourth-order valence-electron chi connectivity index (χ4n) is 2.95. The highest BCUT2D eigenvalue weighted by Crippen LogP contribution is 2.40. The van der Waals surface area contributed by atoms with Gasteiger partial charge in [0.25, 0.3) is 6.48 Å². The van der Waals surface area contributed by atoms with Crippen LogP contribution in [0.25, 0.3) is 11.2 Å². The van der Waals surface area contributed by atoms with E-state index in [1.807, 2.05) is 6.92 Å². The minimum absolute atomic E-state index is 0.191. The maximum atomic E-state index is 9.53. The lowest BCUT2D eigenvalue weighted by molar-refractivity contribution is -0.265. The predicted octanol–water partition coefficient (Wildman–Crippen LogP) is -0.598. The summed E-state index contributed by atoms with van der Waals surface area (Å²) in [5.41, 5.74) is 6.82. The molecule has 2 saturated heterocycles. The summed E-state index contributed by atoms with van der Waals surface area (Å²) in [5.74, 6) is 0.290. The van der Waals surface area contributed by atoms with Crippen molar-refractivity contribution in [1.29, 1.82) is 0 Å². The number of aliphatic hydroxyl groups excluding tert-OH is 1. The molecule has 0 unspecified atom stereocenters. The van der Waals surface area contributed by atoms with Gasteiger partial charge in [-0.1, -0.05) is 0 Å². The fraction of sp³-hybridized carbons (Fsp3) is 0.615. The van der Waals surface area contributed by atoms with Crippen molar-refractivity contribution in [1.82, 2.24) is 19.5 Å². The number of imidazole rings is 1. The number of aliphatic hydroxyl groups is 1. The largest absolute Gasteiger partial charge is 0.394 e. The number of nitrogen functional groups attached to an aromatic ring is 1. The summed E-state index contributed by atoms with van der Waals surface area (Å²) in [7, 11) is 0. The first kappa shape index (κ1) is 14.7. The molecular formula is C13H17N5O5. The summed E-state index contributed by atoms with van der Waals surface area (Å²) in [6.07, 6.45) is 0.972. The quantitative estimate of drug-likeness (QED) is 0.758. The van der Waals surface area contributed by atoms with Crippen LogP contribution in [0.1, 0.15) is 13.2 Å². The average molecular weight is 323 g/mol. The van der Waals surface area contributed by atoms with Gasteiger partial charge in [-0.05, 0) is 6.92 Å². The van der Waals surface area contributed by atoms with Gasteiger partial charge in [0.2, 0.25) is 0 Å². The zero-order valence-corrected chi connectivity index (χ0v) is 12.4. The summed E-state index contributed by atoms with van der Waals surface area (Å²) in [4.78, 5) is 12.3. The minimum Gasteiger partial charge on any atom is -0.394 e. The Morgan fingerprint density at radius 1 is 1.26 bits per heavy atom. The maximum absolute atomic E-state index is 9.53. The number of anilines is 1. The van der Waals surface area contributed by atoms with Gasteiger partial charge < -0.3 is 29.8 Å². The molecule has 5 atom stereocenters. The van der Waals surface area contributed by atoms with Crippen molar-refractivity contribution in [3.8, 4) is 0 Å². The van der Waals surface area contributed by atoms with Gasteiger partial charge in [0, 0.05) is 6.61 Å². The molecule has 4 heterocycles. The first-order chi connectivity index (χ1) is 11.2. The molecule has 0 bridgehead atoms. The van der Waals surface area contributed by atoms with E-state index in [1.54, 1.807) is 10.9 Å². The van der Waals surface area contributed by atoms with Crippen molar-refractivity contribution >= 4 is 17.0 Å². The molecular weight excluding hydrogens is 306 g/mol. The first-order valence-corrected chi connectivity index (χ1v) is 7.34. The van der Waals surface area contributed by atoms with Crippen LogP contribution in [-0.4, -0.2) is 62.6 Å². The second-order valence-electron chi connectivity index (χ2n) is 5.28. The van der Waals surface area contributed by atoms with Crippen LogP contribution in [0.2, 0.25) is 0 Å². The second kappa shape index (κ2) is 5.65. The van der Waals surface area contributed by atoms with Crippen molar-refractivity contribution < 1.29 is 24.1 Å². The second-order valence-corrected chi connectivity index (χ2v) is 5.28. The van der Waals surface area contributed by atoms with Crippen LogP contribution in [0.15, 0.2) is 12.7 Å². The van der Waals surface area contributed by atoms with Crippen LogP contribution in [0.5, 0.6) is 0 Å². The van der Waals surface area contributed by atoms with E-state index in [-0.39, 0.29) is 12.4 Å². The molecule has 2 aliphatic heterocycles. The molecule has 2 aliphatic rings. The van der Waals surface area contributed by atoms with Crippen molar-refractivity contribution in [2.75, 3.05) is 18.9 Å². The SMILES string of the molecule is CCO[C@H]1O[C@@H]2[C@H](O1)[C@@H](CO)O[C@H]2n1cnc2c(N)ncnc21. The molecule has 4 rings (SSSR count).